The van der Waals surface area contributed by atoms with Crippen LogP contribution in [0.4, 0.5) is 0 Å². The van der Waals surface area contributed by atoms with Crippen LogP contribution >= 0.6 is 0 Å². The lowest BCUT2D eigenvalue weighted by Gasteiger charge is -2.40. The summed E-state index contributed by atoms with van der Waals surface area (Å²) in [5, 5.41) is 65.8. The van der Waals surface area contributed by atoms with Crippen molar-refractivity contribution in [3.8, 4) is 0 Å². The van der Waals surface area contributed by atoms with Crippen molar-refractivity contribution in [1.82, 2.24) is 5.32 Å². The van der Waals surface area contributed by atoms with Crippen molar-refractivity contribution in [3.05, 3.63) is 0 Å². The van der Waals surface area contributed by atoms with Gasteiger partial charge < -0.3 is 40.7 Å². The van der Waals surface area contributed by atoms with E-state index in [2.05, 4.69) is 19.2 Å². The van der Waals surface area contributed by atoms with Gasteiger partial charge in [-0.3, -0.25) is 4.79 Å². The fraction of sp³-hybridized carbons (Fsp3) is 0.980. The van der Waals surface area contributed by atoms with Gasteiger partial charge in [-0.05, 0) is 19.3 Å². The van der Waals surface area contributed by atoms with Crippen LogP contribution in [0.15, 0.2) is 0 Å². The smallest absolute Gasteiger partial charge is 0.220 e. The molecule has 7 N–H and O–H groups in total. The van der Waals surface area contributed by atoms with Crippen LogP contribution in [0.2, 0.25) is 0 Å². The fourth-order valence-electron chi connectivity index (χ4n) is 9.06. The number of aliphatic hydroxyl groups excluding tert-OH is 6. The number of unbranched alkanes of at least 4 members (excludes halogenated alkanes) is 33. The van der Waals surface area contributed by atoms with Gasteiger partial charge in [0.1, 0.15) is 18.3 Å². The Balaban J connectivity index is 2.26. The van der Waals surface area contributed by atoms with Crippen molar-refractivity contribution in [2.24, 2.45) is 5.92 Å². The second-order valence-corrected chi connectivity index (χ2v) is 19.0. The van der Waals surface area contributed by atoms with Crippen molar-refractivity contribution in [1.29, 1.82) is 0 Å². The average molecular weight is 856 g/mol. The van der Waals surface area contributed by atoms with Crippen LogP contribution in [0, 0.1) is 5.92 Å². The van der Waals surface area contributed by atoms with Gasteiger partial charge in [0.25, 0.3) is 0 Å². The van der Waals surface area contributed by atoms with E-state index in [1.165, 1.54) is 186 Å². The molecule has 0 aliphatic heterocycles. The molecule has 0 aromatic heterocycles. The van der Waals surface area contributed by atoms with Gasteiger partial charge in [-0.2, -0.15) is 0 Å². The largest absolute Gasteiger partial charge is 0.396 e. The zero-order chi connectivity index (χ0) is 43.9. The molecule has 0 saturated heterocycles. The van der Waals surface area contributed by atoms with E-state index < -0.39 is 48.6 Å². The molecule has 9 nitrogen and oxygen atoms in total. The van der Waals surface area contributed by atoms with Crippen LogP contribution in [0.3, 0.4) is 0 Å². The van der Waals surface area contributed by atoms with E-state index in [1.807, 2.05) is 0 Å². The first-order chi connectivity index (χ1) is 29.3. The summed E-state index contributed by atoms with van der Waals surface area (Å²) in [5.41, 5.74) is 0. The third-order valence-electron chi connectivity index (χ3n) is 13.3. The van der Waals surface area contributed by atoms with Crippen LogP contribution in [0.5, 0.6) is 0 Å². The zero-order valence-electron chi connectivity index (χ0n) is 39.4. The van der Waals surface area contributed by atoms with Crippen molar-refractivity contribution < 1.29 is 40.2 Å². The van der Waals surface area contributed by atoms with E-state index in [9.17, 15) is 35.4 Å². The Bertz CT molecular complexity index is 924. The Labute approximate surface area is 370 Å². The highest BCUT2D eigenvalue weighted by molar-refractivity contribution is 5.76. The molecule has 9 heteroatoms. The Morgan fingerprint density at radius 2 is 0.867 bits per heavy atom. The minimum atomic E-state index is -1.48. The fourth-order valence-corrected chi connectivity index (χ4v) is 9.06. The first-order valence-corrected chi connectivity index (χ1v) is 26.2. The van der Waals surface area contributed by atoms with Crippen molar-refractivity contribution in [2.75, 3.05) is 13.2 Å². The van der Waals surface area contributed by atoms with Gasteiger partial charge in [0.2, 0.25) is 5.91 Å². The van der Waals surface area contributed by atoms with E-state index in [4.69, 9.17) is 4.74 Å². The zero-order valence-corrected chi connectivity index (χ0v) is 39.4. The standard InChI is InChI=1S/C51H101NO8/c1-3-5-7-9-11-13-15-17-18-19-20-21-22-23-24-25-26-27-29-31-33-35-37-39-47(55)52-44(42-60-46-40-43(41-53)48(56)51(59)50(46)58)49(57)45(54)38-36-34-32-30-28-16-14-12-10-8-6-4-2/h43-46,48-51,53-54,56-59H,3-42H2,1-2H3,(H,52,55)/t43?,44-,45+,46-,48-,49-,50?,51-/m0/s1. The summed E-state index contributed by atoms with van der Waals surface area (Å²) in [5.74, 6) is -0.877. The van der Waals surface area contributed by atoms with E-state index in [1.54, 1.807) is 0 Å². The maximum absolute atomic E-state index is 13.1. The normalized spacial score (nSPS) is 21.0. The van der Waals surface area contributed by atoms with Crippen LogP contribution in [-0.4, -0.2) is 92.4 Å². The summed E-state index contributed by atoms with van der Waals surface area (Å²) in [6.07, 6.45) is 38.3. The van der Waals surface area contributed by atoms with Crippen LogP contribution in [0.1, 0.15) is 258 Å². The highest BCUT2D eigenvalue weighted by Gasteiger charge is 2.43. The second kappa shape index (κ2) is 40.9. The molecule has 0 radical (unpaired) electrons. The molecule has 60 heavy (non-hydrogen) atoms. The molecule has 1 saturated carbocycles. The van der Waals surface area contributed by atoms with Gasteiger partial charge >= 0.3 is 0 Å². The summed E-state index contributed by atoms with van der Waals surface area (Å²) in [6.45, 7) is 3.98. The number of nitrogens with one attached hydrogen (secondary N) is 1. The summed E-state index contributed by atoms with van der Waals surface area (Å²) in [7, 11) is 0. The first-order valence-electron chi connectivity index (χ1n) is 26.2. The van der Waals surface area contributed by atoms with Gasteiger partial charge in [-0.25, -0.2) is 0 Å². The number of rotatable bonds is 44. The quantitative estimate of drug-likeness (QED) is 0.0298. The maximum atomic E-state index is 13.1. The molecular formula is C51H101NO8. The molecule has 0 aromatic rings. The number of amides is 1. The summed E-state index contributed by atoms with van der Waals surface area (Å²) in [6, 6.07) is -0.905. The molecule has 0 spiro atoms. The van der Waals surface area contributed by atoms with Gasteiger partial charge in [-0.15, -0.1) is 0 Å². The third kappa shape index (κ3) is 30.3. The molecule has 1 amide bonds. The van der Waals surface area contributed by atoms with Gasteiger partial charge in [0.05, 0.1) is 31.0 Å². The molecule has 0 bridgehead atoms. The van der Waals surface area contributed by atoms with E-state index in [0.717, 1.165) is 38.5 Å². The molecular weight excluding hydrogens is 755 g/mol. The maximum Gasteiger partial charge on any atom is 0.220 e. The van der Waals surface area contributed by atoms with Crippen molar-refractivity contribution in [3.63, 3.8) is 0 Å². The van der Waals surface area contributed by atoms with E-state index >= 15 is 0 Å². The number of ether oxygens (including phenoxy) is 1. The lowest BCUT2D eigenvalue weighted by atomic mass is 9.81. The number of hydrogen-bond donors (Lipinski definition) is 7. The number of hydrogen-bond acceptors (Lipinski definition) is 8. The van der Waals surface area contributed by atoms with Crippen LogP contribution in [-0.2, 0) is 9.53 Å². The molecule has 1 aliphatic rings. The molecule has 0 aromatic carbocycles. The Morgan fingerprint density at radius 3 is 1.23 bits per heavy atom. The molecule has 0 heterocycles. The lowest BCUT2D eigenvalue weighted by Crippen LogP contribution is -2.57. The minimum Gasteiger partial charge on any atom is -0.396 e. The van der Waals surface area contributed by atoms with Gasteiger partial charge in [0, 0.05) is 18.9 Å². The monoisotopic (exact) mass is 856 g/mol. The molecule has 358 valence electrons. The second-order valence-electron chi connectivity index (χ2n) is 19.0. The summed E-state index contributed by atoms with van der Waals surface area (Å²) >= 11 is 0. The predicted octanol–water partition coefficient (Wildman–Crippen LogP) is 11.1. The van der Waals surface area contributed by atoms with Gasteiger partial charge in [-0.1, -0.05) is 232 Å². The third-order valence-corrected chi connectivity index (χ3v) is 13.3. The number of carbonyl (C=O) groups is 1. The molecule has 1 aliphatic carbocycles. The lowest BCUT2D eigenvalue weighted by molar-refractivity contribution is -0.182. The number of carbonyl (C=O) groups excluding carboxylic acids is 1. The molecule has 1 rings (SSSR count). The Morgan fingerprint density at radius 1 is 0.517 bits per heavy atom. The highest BCUT2D eigenvalue weighted by Crippen LogP contribution is 2.28. The van der Waals surface area contributed by atoms with E-state index in [-0.39, 0.29) is 25.5 Å². The van der Waals surface area contributed by atoms with Crippen LogP contribution in [0.25, 0.3) is 0 Å². The summed E-state index contributed by atoms with van der Waals surface area (Å²) < 4.78 is 5.93. The average Bonchev–Trinajstić information content (AvgIpc) is 3.25. The molecule has 1 fully saturated rings. The highest BCUT2D eigenvalue weighted by atomic mass is 16.5. The predicted molar refractivity (Wildman–Crippen MR) is 249 cm³/mol. The van der Waals surface area contributed by atoms with E-state index in [0.29, 0.717) is 12.8 Å². The molecule has 8 atom stereocenters. The van der Waals surface area contributed by atoms with Crippen LogP contribution < -0.4 is 5.32 Å². The first kappa shape index (κ1) is 57.2. The van der Waals surface area contributed by atoms with Crippen molar-refractivity contribution in [2.45, 2.75) is 301 Å². The summed E-state index contributed by atoms with van der Waals surface area (Å²) in [4.78, 5) is 13.1. The number of aliphatic hydroxyl groups is 6. The molecule has 2 unspecified atom stereocenters. The Kier molecular flexibility index (Phi) is 39.0. The topological polar surface area (TPSA) is 160 Å². The SMILES string of the molecule is CCCCCCCCCCCCCCCCCCCCCCCCCC(=O)N[C@@H](CO[C@H]1CC(CO)[C@H](O)[C@H](O)C1O)[C@H](O)[C@H](O)CCCCCCCCCCCCCC. The van der Waals surface area contributed by atoms with Gasteiger partial charge in [0.15, 0.2) is 0 Å². The Hall–Kier alpha value is -0.810. The van der Waals surface area contributed by atoms with Crippen molar-refractivity contribution >= 4 is 5.91 Å². The minimum absolute atomic E-state index is 0.119.